The minimum absolute atomic E-state index is 0.0797. The van der Waals surface area contributed by atoms with Crippen molar-refractivity contribution in [2.45, 2.75) is 39.3 Å². The predicted octanol–water partition coefficient (Wildman–Crippen LogP) is 2.25. The molecule has 6 nitrogen and oxygen atoms in total. The highest BCUT2D eigenvalue weighted by molar-refractivity contribution is 7.10. The van der Waals surface area contributed by atoms with Gasteiger partial charge < -0.3 is 20.7 Å². The molecule has 1 saturated carbocycles. The third kappa shape index (κ3) is 5.74. The number of alkyl carbamates (subject to hydrolysis) is 1. The number of amides is 1. The van der Waals surface area contributed by atoms with Gasteiger partial charge in [0.05, 0.1) is 19.2 Å². The highest BCUT2D eigenvalue weighted by Crippen LogP contribution is 2.32. The average Bonchev–Trinajstić information content (AvgIpc) is 3.30. The van der Waals surface area contributed by atoms with E-state index < -0.39 is 0 Å². The lowest BCUT2D eigenvalue weighted by atomic mass is 10.2. The van der Waals surface area contributed by atoms with E-state index in [1.165, 1.54) is 10.4 Å². The molecule has 0 saturated heterocycles. The van der Waals surface area contributed by atoms with Gasteiger partial charge in [0, 0.05) is 18.5 Å². The minimum Gasteiger partial charge on any atom is -0.450 e. The van der Waals surface area contributed by atoms with Gasteiger partial charge in [0.15, 0.2) is 5.96 Å². The van der Waals surface area contributed by atoms with Crippen LogP contribution in [0.3, 0.4) is 0 Å². The van der Waals surface area contributed by atoms with E-state index in [1.807, 2.05) is 6.92 Å². The lowest BCUT2D eigenvalue weighted by molar-refractivity contribution is 0.146. The molecule has 1 aromatic heterocycles. The Bertz CT molecular complexity index is 540. The number of ether oxygens (including phenoxy) is 1. The van der Waals surface area contributed by atoms with Crippen molar-refractivity contribution in [3.05, 3.63) is 21.9 Å². The summed E-state index contributed by atoms with van der Waals surface area (Å²) in [7, 11) is 1.75. The molecular weight excluding hydrogens is 312 g/mol. The maximum absolute atomic E-state index is 11.6. The molecule has 128 valence electrons. The van der Waals surface area contributed by atoms with Gasteiger partial charge >= 0.3 is 6.09 Å². The van der Waals surface area contributed by atoms with E-state index in [2.05, 4.69) is 39.3 Å². The lowest BCUT2D eigenvalue weighted by Crippen LogP contribution is -2.48. The Hall–Kier alpha value is -1.76. The highest BCUT2D eigenvalue weighted by atomic mass is 32.1. The van der Waals surface area contributed by atoms with Crippen LogP contribution < -0.4 is 16.0 Å². The van der Waals surface area contributed by atoms with E-state index in [0.717, 1.165) is 25.3 Å². The molecule has 0 bridgehead atoms. The van der Waals surface area contributed by atoms with Gasteiger partial charge in [0.2, 0.25) is 0 Å². The predicted molar refractivity (Wildman–Crippen MR) is 93.9 cm³/mol. The second-order valence-electron chi connectivity index (χ2n) is 5.64. The molecule has 1 aromatic rings. The zero-order valence-electron chi connectivity index (χ0n) is 14.0. The maximum Gasteiger partial charge on any atom is 0.407 e. The van der Waals surface area contributed by atoms with Crippen LogP contribution in [0.25, 0.3) is 0 Å². The highest BCUT2D eigenvalue weighted by Gasteiger charge is 2.32. The second-order valence-corrected chi connectivity index (χ2v) is 6.64. The van der Waals surface area contributed by atoms with Crippen molar-refractivity contribution in [2.24, 2.45) is 10.9 Å². The van der Waals surface area contributed by atoms with Gasteiger partial charge in [-0.2, -0.15) is 0 Å². The topological polar surface area (TPSA) is 74.8 Å². The Morgan fingerprint density at radius 1 is 1.48 bits per heavy atom. The van der Waals surface area contributed by atoms with Gasteiger partial charge in [-0.25, -0.2) is 4.79 Å². The van der Waals surface area contributed by atoms with Gasteiger partial charge in [-0.3, -0.25) is 4.99 Å². The zero-order valence-corrected chi connectivity index (χ0v) is 14.8. The number of nitrogens with zero attached hydrogens (tertiary/aromatic N) is 1. The summed E-state index contributed by atoms with van der Waals surface area (Å²) in [5.41, 5.74) is 1.29. The van der Waals surface area contributed by atoms with Crippen LogP contribution in [0, 0.1) is 12.8 Å². The number of hydrogen-bond acceptors (Lipinski definition) is 4. The van der Waals surface area contributed by atoms with Crippen LogP contribution in [0.15, 0.2) is 16.4 Å². The summed E-state index contributed by atoms with van der Waals surface area (Å²) < 4.78 is 4.97. The number of aryl methyl sites for hydroxylation is 1. The summed E-state index contributed by atoms with van der Waals surface area (Å²) in [4.78, 5) is 17.2. The first-order valence-corrected chi connectivity index (χ1v) is 8.92. The number of carbonyl (C=O) groups excluding carboxylic acids is 1. The fraction of sp³-hybridized carbons (Fsp3) is 0.625. The fourth-order valence-electron chi connectivity index (χ4n) is 2.33. The fourth-order valence-corrected chi connectivity index (χ4v) is 3.18. The molecule has 0 radical (unpaired) electrons. The maximum atomic E-state index is 11.6. The second kappa shape index (κ2) is 8.76. The molecular formula is C16H26N4O2S. The molecule has 0 spiro atoms. The van der Waals surface area contributed by atoms with Gasteiger partial charge in [-0.05, 0) is 49.6 Å². The van der Waals surface area contributed by atoms with Crippen LogP contribution in [0.4, 0.5) is 4.79 Å². The van der Waals surface area contributed by atoms with Crippen molar-refractivity contribution in [1.29, 1.82) is 0 Å². The van der Waals surface area contributed by atoms with Gasteiger partial charge in [0.1, 0.15) is 0 Å². The van der Waals surface area contributed by atoms with Gasteiger partial charge in [-0.1, -0.05) is 0 Å². The monoisotopic (exact) mass is 338 g/mol. The Morgan fingerprint density at radius 2 is 2.26 bits per heavy atom. The van der Waals surface area contributed by atoms with Crippen LogP contribution in [0.1, 0.15) is 30.2 Å². The van der Waals surface area contributed by atoms with E-state index in [9.17, 15) is 4.79 Å². The quantitative estimate of drug-likeness (QED) is 0.526. The van der Waals surface area contributed by atoms with Gasteiger partial charge in [0.25, 0.3) is 0 Å². The van der Waals surface area contributed by atoms with Crippen molar-refractivity contribution in [1.82, 2.24) is 16.0 Å². The summed E-state index contributed by atoms with van der Waals surface area (Å²) in [5.74, 6) is 1.28. The Balaban J connectivity index is 1.78. The number of nitrogens with one attached hydrogen (secondary N) is 3. The molecule has 1 amide bonds. The Labute approximate surface area is 141 Å². The van der Waals surface area contributed by atoms with E-state index in [-0.39, 0.29) is 12.1 Å². The number of carbonyl (C=O) groups is 1. The van der Waals surface area contributed by atoms with E-state index in [0.29, 0.717) is 19.1 Å². The molecule has 1 fully saturated rings. The molecule has 0 aliphatic heterocycles. The number of aliphatic imine (C=N–C) groups is 1. The largest absolute Gasteiger partial charge is 0.450 e. The molecule has 1 atom stereocenters. The first-order chi connectivity index (χ1) is 11.1. The van der Waals surface area contributed by atoms with Crippen molar-refractivity contribution in [3.8, 4) is 0 Å². The van der Waals surface area contributed by atoms with Crippen LogP contribution >= 0.6 is 11.3 Å². The summed E-state index contributed by atoms with van der Waals surface area (Å²) in [5, 5.41) is 11.6. The number of hydrogen-bond donors (Lipinski definition) is 3. The molecule has 2 rings (SSSR count). The van der Waals surface area contributed by atoms with Crippen molar-refractivity contribution >= 4 is 23.4 Å². The molecule has 1 unspecified atom stereocenters. The normalized spacial score (nSPS) is 15.9. The standard InChI is InChI=1S/C16H26N4O2S/c1-4-22-16(21)20-13(12-5-6-12)9-18-15(17-3)19-10-14-11(2)7-8-23-14/h7-8,12-13H,4-6,9-10H2,1-3H3,(H,20,21)(H2,17,18,19). The number of guanidine groups is 1. The molecule has 0 aromatic carbocycles. The Morgan fingerprint density at radius 3 is 2.83 bits per heavy atom. The average molecular weight is 338 g/mol. The zero-order chi connectivity index (χ0) is 16.7. The van der Waals surface area contributed by atoms with Crippen LogP contribution in [0.2, 0.25) is 0 Å². The third-order valence-electron chi connectivity index (χ3n) is 3.87. The SMILES string of the molecule is CCOC(=O)NC(CNC(=NC)NCc1sccc1C)C1CC1. The molecule has 7 heteroatoms. The smallest absolute Gasteiger partial charge is 0.407 e. The summed E-state index contributed by atoms with van der Waals surface area (Å²) in [6.45, 7) is 5.70. The Kier molecular flexibility index (Phi) is 6.70. The number of thiophene rings is 1. The van der Waals surface area contributed by atoms with Crippen molar-refractivity contribution < 1.29 is 9.53 Å². The van der Waals surface area contributed by atoms with Crippen LogP contribution in [-0.4, -0.2) is 38.3 Å². The first kappa shape index (κ1) is 17.6. The van der Waals surface area contributed by atoms with Crippen molar-refractivity contribution in [3.63, 3.8) is 0 Å². The van der Waals surface area contributed by atoms with Gasteiger partial charge in [-0.15, -0.1) is 11.3 Å². The van der Waals surface area contributed by atoms with E-state index in [1.54, 1.807) is 18.4 Å². The summed E-state index contributed by atoms with van der Waals surface area (Å²) in [6, 6.07) is 2.20. The summed E-state index contributed by atoms with van der Waals surface area (Å²) >= 11 is 1.74. The van der Waals surface area contributed by atoms with Crippen molar-refractivity contribution in [2.75, 3.05) is 20.2 Å². The molecule has 1 aliphatic carbocycles. The van der Waals surface area contributed by atoms with E-state index >= 15 is 0 Å². The summed E-state index contributed by atoms with van der Waals surface area (Å²) in [6.07, 6.45) is 1.96. The molecule has 23 heavy (non-hydrogen) atoms. The third-order valence-corrected chi connectivity index (χ3v) is 4.89. The number of rotatable bonds is 7. The molecule has 3 N–H and O–H groups in total. The van der Waals surface area contributed by atoms with Crippen LogP contribution in [-0.2, 0) is 11.3 Å². The minimum atomic E-state index is -0.344. The van der Waals surface area contributed by atoms with E-state index in [4.69, 9.17) is 4.74 Å². The molecule has 1 aliphatic rings. The molecule has 1 heterocycles. The first-order valence-electron chi connectivity index (χ1n) is 8.04. The lowest BCUT2D eigenvalue weighted by Gasteiger charge is -2.20. The van der Waals surface area contributed by atoms with Crippen LogP contribution in [0.5, 0.6) is 0 Å².